The number of nitrogens with one attached hydrogen (secondary N) is 1. The molecule has 0 aliphatic rings. The molecule has 1 aromatic rings. The molecule has 0 saturated carbocycles. The van der Waals surface area contributed by atoms with Crippen molar-refractivity contribution in [3.63, 3.8) is 0 Å². The van der Waals surface area contributed by atoms with Crippen LogP contribution in [0.4, 0.5) is 0 Å². The number of nitrogens with zero attached hydrogens (tertiary/aromatic N) is 4. The molecule has 0 aromatic carbocycles. The SMILES string of the molecule is COCCC(C)(C)Cn1nnnc1C(C)NCC(C)C. The summed E-state index contributed by atoms with van der Waals surface area (Å²) in [6.07, 6.45) is 0.983. The second-order valence-electron chi connectivity index (χ2n) is 6.63. The molecule has 0 amide bonds. The highest BCUT2D eigenvalue weighted by Crippen LogP contribution is 2.23. The Morgan fingerprint density at radius 2 is 2.00 bits per heavy atom. The van der Waals surface area contributed by atoms with E-state index < -0.39 is 0 Å². The van der Waals surface area contributed by atoms with Crippen LogP contribution in [0.3, 0.4) is 0 Å². The summed E-state index contributed by atoms with van der Waals surface area (Å²) in [5.74, 6) is 1.51. The molecule has 6 heteroatoms. The van der Waals surface area contributed by atoms with Gasteiger partial charge in [0.25, 0.3) is 0 Å². The number of hydrogen-bond donors (Lipinski definition) is 1. The molecule has 1 N–H and O–H groups in total. The summed E-state index contributed by atoms with van der Waals surface area (Å²) in [5, 5.41) is 15.6. The molecule has 6 nitrogen and oxygen atoms in total. The van der Waals surface area contributed by atoms with Crippen molar-refractivity contribution in [3.05, 3.63) is 5.82 Å². The Balaban J connectivity index is 2.66. The van der Waals surface area contributed by atoms with Crippen LogP contribution in [0.1, 0.15) is 52.9 Å². The summed E-state index contributed by atoms with van der Waals surface area (Å²) >= 11 is 0. The number of methoxy groups -OCH3 is 1. The summed E-state index contributed by atoms with van der Waals surface area (Å²) in [5.41, 5.74) is 0.109. The van der Waals surface area contributed by atoms with Crippen LogP contribution in [-0.2, 0) is 11.3 Å². The van der Waals surface area contributed by atoms with Gasteiger partial charge in [-0.1, -0.05) is 27.7 Å². The monoisotopic (exact) mass is 283 g/mol. The maximum Gasteiger partial charge on any atom is 0.167 e. The number of aromatic nitrogens is 4. The normalized spacial score (nSPS) is 13.9. The average molecular weight is 283 g/mol. The van der Waals surface area contributed by atoms with Crippen molar-refractivity contribution in [1.29, 1.82) is 0 Å². The van der Waals surface area contributed by atoms with Crippen molar-refractivity contribution in [2.45, 2.75) is 53.6 Å². The van der Waals surface area contributed by atoms with Crippen LogP contribution in [-0.4, -0.2) is 40.5 Å². The lowest BCUT2D eigenvalue weighted by Gasteiger charge is -2.25. The van der Waals surface area contributed by atoms with Crippen LogP contribution >= 0.6 is 0 Å². The van der Waals surface area contributed by atoms with Crippen molar-refractivity contribution < 1.29 is 4.74 Å². The second kappa shape index (κ2) is 7.69. The fourth-order valence-corrected chi connectivity index (χ4v) is 2.00. The Morgan fingerprint density at radius 3 is 2.60 bits per heavy atom. The molecule has 1 atom stereocenters. The van der Waals surface area contributed by atoms with Gasteiger partial charge in [-0.25, -0.2) is 4.68 Å². The average Bonchev–Trinajstić information content (AvgIpc) is 2.81. The molecule has 0 spiro atoms. The third kappa shape index (κ3) is 5.54. The molecule has 0 saturated heterocycles. The van der Waals surface area contributed by atoms with E-state index in [1.165, 1.54) is 0 Å². The lowest BCUT2D eigenvalue weighted by atomic mass is 9.90. The first-order chi connectivity index (χ1) is 9.35. The Hall–Kier alpha value is -1.01. The fourth-order valence-electron chi connectivity index (χ4n) is 2.00. The first kappa shape index (κ1) is 17.0. The zero-order chi connectivity index (χ0) is 15.2. The molecular formula is C14H29N5O. The summed E-state index contributed by atoms with van der Waals surface area (Å²) in [4.78, 5) is 0. The second-order valence-corrected chi connectivity index (χ2v) is 6.63. The lowest BCUT2D eigenvalue weighted by Crippen LogP contribution is -2.29. The van der Waals surface area contributed by atoms with Gasteiger partial charge >= 0.3 is 0 Å². The third-order valence-corrected chi connectivity index (χ3v) is 3.34. The van der Waals surface area contributed by atoms with Crippen molar-refractivity contribution in [1.82, 2.24) is 25.5 Å². The first-order valence-corrected chi connectivity index (χ1v) is 7.34. The van der Waals surface area contributed by atoms with E-state index in [9.17, 15) is 0 Å². The van der Waals surface area contributed by atoms with Gasteiger partial charge in [0.1, 0.15) is 0 Å². The van der Waals surface area contributed by atoms with Crippen LogP contribution in [0.15, 0.2) is 0 Å². The molecule has 1 heterocycles. The van der Waals surface area contributed by atoms with Crippen LogP contribution in [0.2, 0.25) is 0 Å². The first-order valence-electron chi connectivity index (χ1n) is 7.34. The number of tetrazole rings is 1. The van der Waals surface area contributed by atoms with Crippen LogP contribution in [0.25, 0.3) is 0 Å². The Kier molecular flexibility index (Phi) is 6.55. The van der Waals surface area contributed by atoms with E-state index in [2.05, 4.69) is 55.5 Å². The molecule has 0 aliphatic heterocycles. The minimum Gasteiger partial charge on any atom is -0.385 e. The van der Waals surface area contributed by atoms with Gasteiger partial charge in [-0.05, 0) is 41.6 Å². The van der Waals surface area contributed by atoms with E-state index in [0.717, 1.165) is 31.9 Å². The topological polar surface area (TPSA) is 64.9 Å². The smallest absolute Gasteiger partial charge is 0.167 e. The van der Waals surface area contributed by atoms with E-state index in [0.29, 0.717) is 5.92 Å². The quantitative estimate of drug-likeness (QED) is 0.751. The molecule has 116 valence electrons. The zero-order valence-electron chi connectivity index (χ0n) is 13.7. The lowest BCUT2D eigenvalue weighted by molar-refractivity contribution is 0.138. The van der Waals surface area contributed by atoms with E-state index >= 15 is 0 Å². The molecule has 0 aliphatic carbocycles. The molecule has 0 radical (unpaired) electrons. The highest BCUT2D eigenvalue weighted by molar-refractivity contribution is 4.91. The molecule has 0 fully saturated rings. The Morgan fingerprint density at radius 1 is 1.30 bits per heavy atom. The highest BCUT2D eigenvalue weighted by atomic mass is 16.5. The van der Waals surface area contributed by atoms with Gasteiger partial charge in [0.2, 0.25) is 0 Å². The third-order valence-electron chi connectivity index (χ3n) is 3.34. The zero-order valence-corrected chi connectivity index (χ0v) is 13.7. The van der Waals surface area contributed by atoms with Gasteiger partial charge in [0.05, 0.1) is 12.6 Å². The van der Waals surface area contributed by atoms with Crippen molar-refractivity contribution in [2.75, 3.05) is 20.3 Å². The summed E-state index contributed by atoms with van der Waals surface area (Å²) in [6, 6.07) is 0.158. The van der Waals surface area contributed by atoms with Crippen molar-refractivity contribution in [2.24, 2.45) is 11.3 Å². The number of ether oxygens (including phenoxy) is 1. The minimum atomic E-state index is 0.109. The van der Waals surface area contributed by atoms with Crippen LogP contribution in [0.5, 0.6) is 0 Å². The van der Waals surface area contributed by atoms with Gasteiger partial charge in [-0.3, -0.25) is 0 Å². The molecule has 0 bridgehead atoms. The molecule has 1 rings (SSSR count). The standard InChI is InChI=1S/C14H29N5O/c1-11(2)9-15-12(3)13-16-17-18-19(13)10-14(4,5)7-8-20-6/h11-12,15H,7-10H2,1-6H3. The van der Waals surface area contributed by atoms with E-state index in [-0.39, 0.29) is 11.5 Å². The predicted molar refractivity (Wildman–Crippen MR) is 79.3 cm³/mol. The van der Waals surface area contributed by atoms with E-state index in [1.807, 2.05) is 4.68 Å². The molecule has 20 heavy (non-hydrogen) atoms. The van der Waals surface area contributed by atoms with Crippen LogP contribution < -0.4 is 5.32 Å². The van der Waals surface area contributed by atoms with Gasteiger partial charge in [-0.15, -0.1) is 5.10 Å². The van der Waals surface area contributed by atoms with Gasteiger partial charge in [-0.2, -0.15) is 0 Å². The maximum absolute atomic E-state index is 5.17. The van der Waals surface area contributed by atoms with Gasteiger partial charge in [0.15, 0.2) is 5.82 Å². The Bertz CT molecular complexity index is 389. The highest BCUT2D eigenvalue weighted by Gasteiger charge is 2.23. The van der Waals surface area contributed by atoms with Crippen molar-refractivity contribution >= 4 is 0 Å². The largest absolute Gasteiger partial charge is 0.385 e. The molecule has 1 unspecified atom stereocenters. The summed E-state index contributed by atoms with van der Waals surface area (Å²) in [6.45, 7) is 13.4. The van der Waals surface area contributed by atoms with E-state index in [4.69, 9.17) is 4.74 Å². The number of hydrogen-bond acceptors (Lipinski definition) is 5. The molecule has 1 aromatic heterocycles. The van der Waals surface area contributed by atoms with Gasteiger partial charge in [0, 0.05) is 13.7 Å². The Labute approximate surface area is 122 Å². The molecular weight excluding hydrogens is 254 g/mol. The number of rotatable bonds is 9. The summed E-state index contributed by atoms with van der Waals surface area (Å²) in [7, 11) is 1.73. The van der Waals surface area contributed by atoms with Gasteiger partial charge < -0.3 is 10.1 Å². The van der Waals surface area contributed by atoms with E-state index in [1.54, 1.807) is 7.11 Å². The van der Waals surface area contributed by atoms with Crippen molar-refractivity contribution in [3.8, 4) is 0 Å². The summed E-state index contributed by atoms with van der Waals surface area (Å²) < 4.78 is 7.08. The predicted octanol–water partition coefficient (Wildman–Crippen LogP) is 2.04. The maximum atomic E-state index is 5.17. The minimum absolute atomic E-state index is 0.109. The fraction of sp³-hybridized carbons (Fsp3) is 0.929. The van der Waals surface area contributed by atoms with Crippen LogP contribution in [0, 0.1) is 11.3 Å².